The molecule has 9 nitrogen and oxygen atoms in total. The van der Waals surface area contributed by atoms with Gasteiger partial charge in [-0.1, -0.05) is 0 Å². The van der Waals surface area contributed by atoms with Crippen molar-refractivity contribution in [3.8, 4) is 11.1 Å². The number of anilines is 1. The standard InChI is InChI=1S/C17H18F2N6O3/c18-12-2-1-10(9-28-17(26)24-15(20)21)14(19)13(12)11-7-22-16(23-8-11)25-3-5-27-6-4-25/h1-2,7-8H,3-6,9H2,(H4,20,21,24,26). The molecule has 0 bridgehead atoms. The number of hydrogen-bond donors (Lipinski definition) is 3. The van der Waals surface area contributed by atoms with Gasteiger partial charge in [0.2, 0.25) is 5.95 Å². The van der Waals surface area contributed by atoms with Crippen LogP contribution in [-0.4, -0.2) is 48.3 Å². The van der Waals surface area contributed by atoms with Crippen LogP contribution < -0.4 is 16.0 Å². The van der Waals surface area contributed by atoms with E-state index in [-0.39, 0.29) is 16.7 Å². The second-order valence-electron chi connectivity index (χ2n) is 5.88. The molecule has 2 aromatic rings. The van der Waals surface area contributed by atoms with Gasteiger partial charge in [-0.05, 0) is 12.1 Å². The molecule has 1 aromatic heterocycles. The molecular weight excluding hydrogens is 374 g/mol. The molecule has 1 aliphatic heterocycles. The fourth-order valence-electron chi connectivity index (χ4n) is 2.64. The zero-order valence-electron chi connectivity index (χ0n) is 14.7. The summed E-state index contributed by atoms with van der Waals surface area (Å²) in [5.74, 6) is -1.84. The Balaban J connectivity index is 1.79. The summed E-state index contributed by atoms with van der Waals surface area (Å²) in [6, 6.07) is 2.23. The predicted octanol–water partition coefficient (Wildman–Crippen LogP) is 1.38. The van der Waals surface area contributed by atoms with E-state index in [0.717, 1.165) is 12.1 Å². The highest BCUT2D eigenvalue weighted by Crippen LogP contribution is 2.28. The van der Waals surface area contributed by atoms with Gasteiger partial charge in [0, 0.05) is 36.6 Å². The highest BCUT2D eigenvalue weighted by Gasteiger charge is 2.19. The zero-order chi connectivity index (χ0) is 20.1. The van der Waals surface area contributed by atoms with E-state index in [2.05, 4.69) is 9.97 Å². The molecule has 0 saturated carbocycles. The molecule has 1 amide bonds. The summed E-state index contributed by atoms with van der Waals surface area (Å²) in [6.07, 6.45) is 1.66. The number of carbonyl (C=O) groups is 1. The summed E-state index contributed by atoms with van der Waals surface area (Å²) in [5.41, 5.74) is 4.79. The van der Waals surface area contributed by atoms with Gasteiger partial charge in [-0.15, -0.1) is 0 Å². The first kappa shape index (κ1) is 19.4. The van der Waals surface area contributed by atoms with Crippen LogP contribution in [0.3, 0.4) is 0 Å². The first-order chi connectivity index (χ1) is 13.5. The number of benzene rings is 1. The van der Waals surface area contributed by atoms with E-state index >= 15 is 0 Å². The second kappa shape index (κ2) is 8.57. The molecule has 0 aliphatic carbocycles. The molecule has 1 fully saturated rings. The van der Waals surface area contributed by atoms with E-state index in [4.69, 9.17) is 20.6 Å². The van der Waals surface area contributed by atoms with Crippen LogP contribution in [0.25, 0.3) is 11.1 Å². The van der Waals surface area contributed by atoms with Gasteiger partial charge < -0.3 is 20.1 Å². The molecule has 148 valence electrons. The van der Waals surface area contributed by atoms with Gasteiger partial charge in [0.15, 0.2) is 5.96 Å². The van der Waals surface area contributed by atoms with Gasteiger partial charge in [0.1, 0.15) is 18.2 Å². The molecule has 11 heteroatoms. The van der Waals surface area contributed by atoms with E-state index in [0.29, 0.717) is 32.3 Å². The van der Waals surface area contributed by atoms with Crippen molar-refractivity contribution in [2.24, 2.45) is 5.73 Å². The maximum Gasteiger partial charge on any atom is 0.414 e. The van der Waals surface area contributed by atoms with Crippen LogP contribution in [0.2, 0.25) is 0 Å². The number of ether oxygens (including phenoxy) is 2. The highest BCUT2D eigenvalue weighted by atomic mass is 19.1. The van der Waals surface area contributed by atoms with E-state index in [9.17, 15) is 13.6 Å². The Hall–Kier alpha value is -3.34. The maximum atomic E-state index is 14.8. The lowest BCUT2D eigenvalue weighted by molar-refractivity contribution is 0.122. The Bertz CT molecular complexity index is 872. The number of halogens is 2. The van der Waals surface area contributed by atoms with E-state index in [1.54, 1.807) is 0 Å². The zero-order valence-corrected chi connectivity index (χ0v) is 14.7. The maximum absolute atomic E-state index is 14.8. The quantitative estimate of drug-likeness (QED) is 0.530. The third-order valence-corrected chi connectivity index (χ3v) is 3.99. The third-order valence-electron chi connectivity index (χ3n) is 3.99. The number of alkyl carbamates (subject to hydrolysis) is 1. The minimum absolute atomic E-state index is 0.0487. The summed E-state index contributed by atoms with van der Waals surface area (Å²) in [6.45, 7) is 1.93. The number of guanidine groups is 1. The van der Waals surface area contributed by atoms with Crippen LogP contribution in [-0.2, 0) is 16.1 Å². The van der Waals surface area contributed by atoms with Crippen molar-refractivity contribution >= 4 is 18.0 Å². The molecule has 1 saturated heterocycles. The van der Waals surface area contributed by atoms with Crippen molar-refractivity contribution in [1.29, 1.82) is 5.41 Å². The number of nitrogens with zero attached hydrogens (tertiary/aromatic N) is 3. The number of nitrogens with two attached hydrogens (primary N) is 1. The summed E-state index contributed by atoms with van der Waals surface area (Å²) in [5, 5.41) is 8.83. The van der Waals surface area contributed by atoms with Crippen LogP contribution in [0.5, 0.6) is 0 Å². The van der Waals surface area contributed by atoms with Crippen molar-refractivity contribution in [2.75, 3.05) is 31.2 Å². The number of nitrogens with one attached hydrogen (secondary N) is 2. The number of rotatable bonds is 4. The molecule has 28 heavy (non-hydrogen) atoms. The fourth-order valence-corrected chi connectivity index (χ4v) is 2.64. The Morgan fingerprint density at radius 2 is 1.96 bits per heavy atom. The lowest BCUT2D eigenvalue weighted by Crippen LogP contribution is -2.37. The van der Waals surface area contributed by atoms with Gasteiger partial charge in [-0.2, -0.15) is 0 Å². The smallest absolute Gasteiger partial charge is 0.414 e. The molecule has 2 heterocycles. The van der Waals surface area contributed by atoms with Crippen molar-refractivity contribution in [3.05, 3.63) is 41.7 Å². The average Bonchev–Trinajstić information content (AvgIpc) is 2.68. The average molecular weight is 392 g/mol. The third kappa shape index (κ3) is 4.49. The molecule has 0 radical (unpaired) electrons. The lowest BCUT2D eigenvalue weighted by Gasteiger charge is -2.26. The SMILES string of the molecule is N=C(N)NC(=O)OCc1ccc(F)c(-c2cnc(N3CCOCC3)nc2)c1F. The van der Waals surface area contributed by atoms with Crippen molar-refractivity contribution in [3.63, 3.8) is 0 Å². The number of carbonyl (C=O) groups excluding carboxylic acids is 1. The van der Waals surface area contributed by atoms with E-state index in [1.807, 2.05) is 10.2 Å². The molecule has 1 aromatic carbocycles. The minimum atomic E-state index is -1.02. The van der Waals surface area contributed by atoms with Crippen LogP contribution in [0, 0.1) is 17.0 Å². The Morgan fingerprint density at radius 1 is 1.29 bits per heavy atom. The van der Waals surface area contributed by atoms with E-state index < -0.39 is 30.3 Å². The minimum Gasteiger partial charge on any atom is -0.444 e. The van der Waals surface area contributed by atoms with Crippen LogP contribution in [0.1, 0.15) is 5.56 Å². The Morgan fingerprint density at radius 3 is 2.61 bits per heavy atom. The molecule has 0 spiro atoms. The highest BCUT2D eigenvalue weighted by molar-refractivity contribution is 5.90. The summed E-state index contributed by atoms with van der Waals surface area (Å²) in [4.78, 5) is 21.7. The van der Waals surface area contributed by atoms with Crippen LogP contribution in [0.15, 0.2) is 24.5 Å². The normalized spacial score (nSPS) is 13.9. The molecule has 4 N–H and O–H groups in total. The Kier molecular flexibility index (Phi) is 5.94. The van der Waals surface area contributed by atoms with E-state index in [1.165, 1.54) is 12.4 Å². The van der Waals surface area contributed by atoms with Gasteiger partial charge in [-0.3, -0.25) is 10.7 Å². The molecule has 0 atom stereocenters. The van der Waals surface area contributed by atoms with Gasteiger partial charge in [-0.25, -0.2) is 23.5 Å². The van der Waals surface area contributed by atoms with Gasteiger partial charge in [0.25, 0.3) is 0 Å². The fraction of sp³-hybridized carbons (Fsp3) is 0.294. The van der Waals surface area contributed by atoms with Crippen molar-refractivity contribution in [2.45, 2.75) is 6.61 Å². The number of morpholine rings is 1. The molecule has 0 unspecified atom stereocenters. The summed E-state index contributed by atoms with van der Waals surface area (Å²) < 4.78 is 39.1. The first-order valence-electron chi connectivity index (χ1n) is 8.35. The van der Waals surface area contributed by atoms with Gasteiger partial charge >= 0.3 is 6.09 Å². The van der Waals surface area contributed by atoms with Gasteiger partial charge in [0.05, 0.1) is 18.8 Å². The predicted molar refractivity (Wildman–Crippen MR) is 95.7 cm³/mol. The number of hydrogen-bond acceptors (Lipinski definition) is 7. The van der Waals surface area contributed by atoms with Crippen molar-refractivity contribution < 1.29 is 23.0 Å². The second-order valence-corrected chi connectivity index (χ2v) is 5.88. The monoisotopic (exact) mass is 392 g/mol. The Labute approximate surface area is 159 Å². The van der Waals surface area contributed by atoms with Crippen molar-refractivity contribution in [1.82, 2.24) is 15.3 Å². The topological polar surface area (TPSA) is 126 Å². The number of amides is 1. The molecule has 3 rings (SSSR count). The lowest BCUT2D eigenvalue weighted by atomic mass is 10.0. The van der Waals surface area contributed by atoms with Crippen LogP contribution in [0.4, 0.5) is 19.5 Å². The number of aromatic nitrogens is 2. The largest absolute Gasteiger partial charge is 0.444 e. The summed E-state index contributed by atoms with van der Waals surface area (Å²) in [7, 11) is 0. The van der Waals surface area contributed by atoms with Crippen LogP contribution >= 0.6 is 0 Å². The molecule has 1 aliphatic rings. The first-order valence-corrected chi connectivity index (χ1v) is 8.35. The molecular formula is C17H18F2N6O3. The summed E-state index contributed by atoms with van der Waals surface area (Å²) >= 11 is 0.